The molecule has 1 aromatic heterocycles. The van der Waals surface area contributed by atoms with Crippen LogP contribution in [-0.4, -0.2) is 27.8 Å². The summed E-state index contributed by atoms with van der Waals surface area (Å²) in [7, 11) is 0. The molecule has 0 unspecified atom stereocenters. The number of hydrogen-bond donors (Lipinski definition) is 2. The van der Waals surface area contributed by atoms with Gasteiger partial charge in [-0.2, -0.15) is 5.10 Å². The quantitative estimate of drug-likeness (QED) is 0.858. The van der Waals surface area contributed by atoms with E-state index in [0.29, 0.717) is 12.1 Å². The van der Waals surface area contributed by atoms with Gasteiger partial charge >= 0.3 is 0 Å². The van der Waals surface area contributed by atoms with Gasteiger partial charge in [-0.1, -0.05) is 13.8 Å². The van der Waals surface area contributed by atoms with E-state index in [1.54, 1.807) is 23.0 Å². The molecule has 0 radical (unpaired) electrons. The number of aromatic nitrogens is 2. The molecular formula is C16H23ClN4O. The average Bonchev–Trinajstić information content (AvgIpc) is 3.07. The number of carbonyl (C=O) groups is 1. The smallest absolute Gasteiger partial charge is 0.251 e. The van der Waals surface area contributed by atoms with E-state index >= 15 is 0 Å². The van der Waals surface area contributed by atoms with Gasteiger partial charge in [0.2, 0.25) is 0 Å². The molecule has 0 bridgehead atoms. The summed E-state index contributed by atoms with van der Waals surface area (Å²) in [6.45, 7) is 4.56. The molecule has 6 heteroatoms. The van der Waals surface area contributed by atoms with Crippen molar-refractivity contribution < 1.29 is 4.79 Å². The van der Waals surface area contributed by atoms with Gasteiger partial charge < -0.3 is 11.1 Å². The van der Waals surface area contributed by atoms with Crippen LogP contribution in [0.15, 0.2) is 42.7 Å². The van der Waals surface area contributed by atoms with Crippen molar-refractivity contribution in [3.05, 3.63) is 48.3 Å². The van der Waals surface area contributed by atoms with Gasteiger partial charge in [-0.3, -0.25) is 4.79 Å². The van der Waals surface area contributed by atoms with Gasteiger partial charge in [0, 0.05) is 30.0 Å². The van der Waals surface area contributed by atoms with E-state index in [1.165, 1.54) is 0 Å². The van der Waals surface area contributed by atoms with Gasteiger partial charge in [0.25, 0.3) is 5.91 Å². The Hall–Kier alpha value is -1.85. The average molecular weight is 323 g/mol. The number of nitrogens with two attached hydrogens (primary N) is 1. The van der Waals surface area contributed by atoms with Gasteiger partial charge in [0.05, 0.1) is 5.69 Å². The number of carbonyl (C=O) groups excluding carboxylic acids is 1. The molecule has 3 N–H and O–H groups in total. The number of amides is 1. The standard InChI is InChI=1S/C16H22N4O.ClH/c1-3-16(17,4-2)12-18-15(21)13-6-8-14(9-7-13)20-11-5-10-19-20;/h5-11H,3-4,12,17H2,1-2H3,(H,18,21);1H. The topological polar surface area (TPSA) is 72.9 Å². The lowest BCUT2D eigenvalue weighted by molar-refractivity contribution is 0.0942. The summed E-state index contributed by atoms with van der Waals surface area (Å²) in [6.07, 6.45) is 5.25. The lowest BCUT2D eigenvalue weighted by atomic mass is 9.94. The molecule has 22 heavy (non-hydrogen) atoms. The highest BCUT2D eigenvalue weighted by Crippen LogP contribution is 2.11. The molecule has 1 heterocycles. The normalized spacial score (nSPS) is 10.9. The molecule has 0 saturated carbocycles. The molecule has 1 amide bonds. The summed E-state index contributed by atoms with van der Waals surface area (Å²) in [6, 6.07) is 9.19. The van der Waals surface area contributed by atoms with Crippen LogP contribution >= 0.6 is 12.4 Å². The van der Waals surface area contributed by atoms with Crippen LogP contribution in [0.3, 0.4) is 0 Å². The minimum absolute atomic E-state index is 0. The van der Waals surface area contributed by atoms with Crippen molar-refractivity contribution in [1.29, 1.82) is 0 Å². The van der Waals surface area contributed by atoms with E-state index in [1.807, 2.05) is 38.2 Å². The van der Waals surface area contributed by atoms with Crippen LogP contribution in [0.2, 0.25) is 0 Å². The largest absolute Gasteiger partial charge is 0.350 e. The highest BCUT2D eigenvalue weighted by molar-refractivity contribution is 5.94. The van der Waals surface area contributed by atoms with Crippen molar-refractivity contribution in [3.63, 3.8) is 0 Å². The molecule has 2 rings (SSSR count). The Bertz CT molecular complexity index is 577. The molecule has 0 saturated heterocycles. The van der Waals surface area contributed by atoms with Crippen LogP contribution in [-0.2, 0) is 0 Å². The third-order valence-electron chi connectivity index (χ3n) is 3.91. The first-order valence-corrected chi connectivity index (χ1v) is 7.25. The van der Waals surface area contributed by atoms with Gasteiger partial charge in [-0.05, 0) is 43.2 Å². The Morgan fingerprint density at radius 3 is 2.41 bits per heavy atom. The summed E-state index contributed by atoms with van der Waals surface area (Å²) in [5.74, 6) is -0.0984. The van der Waals surface area contributed by atoms with E-state index in [2.05, 4.69) is 10.4 Å². The van der Waals surface area contributed by atoms with Crippen LogP contribution in [0.4, 0.5) is 0 Å². The maximum Gasteiger partial charge on any atom is 0.251 e. The van der Waals surface area contributed by atoms with Crippen LogP contribution in [0.25, 0.3) is 5.69 Å². The Morgan fingerprint density at radius 1 is 1.27 bits per heavy atom. The van der Waals surface area contributed by atoms with Crippen LogP contribution in [0, 0.1) is 0 Å². The van der Waals surface area contributed by atoms with Crippen LogP contribution < -0.4 is 11.1 Å². The fourth-order valence-corrected chi connectivity index (χ4v) is 2.05. The Balaban J connectivity index is 0.00000242. The number of hydrogen-bond acceptors (Lipinski definition) is 3. The molecule has 0 atom stereocenters. The van der Waals surface area contributed by atoms with Crippen molar-refractivity contribution in [1.82, 2.24) is 15.1 Å². The van der Waals surface area contributed by atoms with Crippen LogP contribution in [0.5, 0.6) is 0 Å². The molecular weight excluding hydrogens is 300 g/mol. The highest BCUT2D eigenvalue weighted by Gasteiger charge is 2.21. The molecule has 0 spiro atoms. The number of benzene rings is 1. The molecule has 1 aromatic carbocycles. The summed E-state index contributed by atoms with van der Waals surface area (Å²) < 4.78 is 1.75. The van der Waals surface area contributed by atoms with Crippen molar-refractivity contribution in [3.8, 4) is 5.69 Å². The molecule has 2 aromatic rings. The van der Waals surface area contributed by atoms with Gasteiger partial charge in [-0.15, -0.1) is 12.4 Å². The summed E-state index contributed by atoms with van der Waals surface area (Å²) in [5, 5.41) is 7.06. The summed E-state index contributed by atoms with van der Waals surface area (Å²) in [4.78, 5) is 12.1. The second kappa shape index (κ2) is 7.96. The lowest BCUT2D eigenvalue weighted by Crippen LogP contribution is -2.49. The fraction of sp³-hybridized carbons (Fsp3) is 0.375. The van der Waals surface area contributed by atoms with E-state index in [-0.39, 0.29) is 23.9 Å². The van der Waals surface area contributed by atoms with Gasteiger partial charge in [-0.25, -0.2) is 4.68 Å². The molecule has 0 aliphatic heterocycles. The maximum absolute atomic E-state index is 12.1. The number of halogens is 1. The maximum atomic E-state index is 12.1. The molecule has 0 fully saturated rings. The first-order chi connectivity index (χ1) is 10.1. The predicted molar refractivity (Wildman–Crippen MR) is 90.6 cm³/mol. The summed E-state index contributed by atoms with van der Waals surface area (Å²) in [5.41, 5.74) is 7.40. The Morgan fingerprint density at radius 2 is 1.91 bits per heavy atom. The van der Waals surface area contributed by atoms with Crippen molar-refractivity contribution >= 4 is 18.3 Å². The van der Waals surface area contributed by atoms with E-state index < -0.39 is 0 Å². The minimum atomic E-state index is -0.329. The number of rotatable bonds is 6. The van der Waals surface area contributed by atoms with Gasteiger partial charge in [0.15, 0.2) is 0 Å². The fourth-order valence-electron chi connectivity index (χ4n) is 2.05. The SMILES string of the molecule is CCC(N)(CC)CNC(=O)c1ccc(-n2cccn2)cc1.Cl. The minimum Gasteiger partial charge on any atom is -0.350 e. The van der Waals surface area contributed by atoms with Gasteiger partial charge in [0.1, 0.15) is 0 Å². The molecule has 120 valence electrons. The Kier molecular flexibility index (Phi) is 6.59. The number of nitrogens with one attached hydrogen (secondary N) is 1. The highest BCUT2D eigenvalue weighted by atomic mass is 35.5. The van der Waals surface area contributed by atoms with Crippen molar-refractivity contribution in [2.45, 2.75) is 32.2 Å². The second-order valence-electron chi connectivity index (χ2n) is 5.25. The third-order valence-corrected chi connectivity index (χ3v) is 3.91. The molecule has 0 aliphatic rings. The van der Waals surface area contributed by atoms with E-state index in [0.717, 1.165) is 18.5 Å². The van der Waals surface area contributed by atoms with Crippen molar-refractivity contribution in [2.24, 2.45) is 5.73 Å². The predicted octanol–water partition coefficient (Wildman–Crippen LogP) is 2.54. The second-order valence-corrected chi connectivity index (χ2v) is 5.25. The van der Waals surface area contributed by atoms with Crippen molar-refractivity contribution in [2.75, 3.05) is 6.54 Å². The molecule has 0 aliphatic carbocycles. The monoisotopic (exact) mass is 322 g/mol. The number of nitrogens with zero attached hydrogens (tertiary/aromatic N) is 2. The zero-order valence-corrected chi connectivity index (χ0v) is 13.8. The first-order valence-electron chi connectivity index (χ1n) is 7.25. The molecule has 5 nitrogen and oxygen atoms in total. The Labute approximate surface area is 137 Å². The zero-order valence-electron chi connectivity index (χ0n) is 13.0. The van der Waals surface area contributed by atoms with E-state index in [9.17, 15) is 4.79 Å². The summed E-state index contributed by atoms with van der Waals surface area (Å²) >= 11 is 0. The zero-order chi connectivity index (χ0) is 15.3. The van der Waals surface area contributed by atoms with E-state index in [4.69, 9.17) is 5.73 Å². The first kappa shape index (κ1) is 18.2. The van der Waals surface area contributed by atoms with Crippen LogP contribution in [0.1, 0.15) is 37.0 Å². The lowest BCUT2D eigenvalue weighted by Gasteiger charge is -2.26. The third kappa shape index (κ3) is 4.32.